The van der Waals surface area contributed by atoms with Crippen LogP contribution in [0.15, 0.2) is 41.3 Å². The molecule has 0 aromatic heterocycles. The highest BCUT2D eigenvalue weighted by atomic mass is 32.2. The molecule has 1 aliphatic heterocycles. The first kappa shape index (κ1) is 11.5. The lowest BCUT2D eigenvalue weighted by molar-refractivity contribution is 0.413. The van der Waals surface area contributed by atoms with Crippen molar-refractivity contribution in [1.82, 2.24) is 0 Å². The van der Waals surface area contributed by atoms with Crippen LogP contribution in [0.4, 0.5) is 0 Å². The monoisotopic (exact) mass is 258 g/mol. The van der Waals surface area contributed by atoms with Crippen LogP contribution in [0, 0.1) is 0 Å². The summed E-state index contributed by atoms with van der Waals surface area (Å²) in [6.45, 7) is 0. The molecule has 2 aromatic rings. The van der Waals surface area contributed by atoms with Crippen molar-refractivity contribution in [3.63, 3.8) is 0 Å². The molecular weight excluding hydrogens is 244 g/mol. The number of hydrogen-bond acceptors (Lipinski definition) is 3. The highest BCUT2D eigenvalue weighted by molar-refractivity contribution is 7.98. The number of benzene rings is 2. The van der Waals surface area contributed by atoms with Gasteiger partial charge in [0.05, 0.1) is 14.2 Å². The van der Waals surface area contributed by atoms with Crippen molar-refractivity contribution in [3.8, 4) is 22.6 Å². The predicted molar refractivity (Wildman–Crippen MR) is 74.5 cm³/mol. The normalized spacial score (nSPS) is 12.6. The topological polar surface area (TPSA) is 18.5 Å². The third-order valence-corrected chi connectivity index (χ3v) is 4.28. The van der Waals surface area contributed by atoms with Crippen LogP contribution in [-0.2, 0) is 5.75 Å². The Bertz CT molecular complexity index is 540. The van der Waals surface area contributed by atoms with E-state index in [1.54, 1.807) is 14.2 Å². The Balaban J connectivity index is 2.11. The average molecular weight is 258 g/mol. The summed E-state index contributed by atoms with van der Waals surface area (Å²) >= 11 is 1.84. The predicted octanol–water partition coefficient (Wildman–Crippen LogP) is 3.98. The van der Waals surface area contributed by atoms with E-state index in [2.05, 4.69) is 24.3 Å². The lowest BCUT2D eigenvalue weighted by Crippen LogP contribution is -1.97. The Morgan fingerprint density at radius 3 is 2.28 bits per heavy atom. The van der Waals surface area contributed by atoms with Crippen molar-refractivity contribution in [1.29, 1.82) is 0 Å². The van der Waals surface area contributed by atoms with E-state index in [0.717, 1.165) is 17.3 Å². The summed E-state index contributed by atoms with van der Waals surface area (Å²) in [4.78, 5) is 1.28. The molecule has 0 radical (unpaired) electrons. The molecule has 0 fully saturated rings. The van der Waals surface area contributed by atoms with E-state index in [1.165, 1.54) is 21.6 Å². The van der Waals surface area contributed by atoms with Crippen LogP contribution in [-0.4, -0.2) is 14.2 Å². The lowest BCUT2D eigenvalue weighted by atomic mass is 9.99. The van der Waals surface area contributed by atoms with Gasteiger partial charge in [0.15, 0.2) is 0 Å². The summed E-state index contributed by atoms with van der Waals surface area (Å²) in [5.41, 5.74) is 3.91. The molecule has 1 heterocycles. The number of methoxy groups -OCH3 is 2. The van der Waals surface area contributed by atoms with E-state index in [1.807, 2.05) is 23.9 Å². The third-order valence-electron chi connectivity index (χ3n) is 3.17. The molecule has 0 saturated carbocycles. The van der Waals surface area contributed by atoms with Gasteiger partial charge in [0.2, 0.25) is 0 Å². The smallest absolute Gasteiger partial charge is 0.120 e. The zero-order chi connectivity index (χ0) is 12.5. The Kier molecular flexibility index (Phi) is 2.92. The van der Waals surface area contributed by atoms with E-state index in [9.17, 15) is 0 Å². The van der Waals surface area contributed by atoms with Crippen molar-refractivity contribution in [2.75, 3.05) is 14.2 Å². The third kappa shape index (κ3) is 1.85. The molecule has 0 aliphatic carbocycles. The van der Waals surface area contributed by atoms with Crippen LogP contribution < -0.4 is 9.47 Å². The van der Waals surface area contributed by atoms with Crippen molar-refractivity contribution >= 4 is 11.8 Å². The van der Waals surface area contributed by atoms with Gasteiger partial charge in [0.1, 0.15) is 11.5 Å². The second-order valence-electron chi connectivity index (χ2n) is 4.17. The molecule has 0 atom stereocenters. The Labute approximate surface area is 111 Å². The van der Waals surface area contributed by atoms with E-state index < -0.39 is 0 Å². The van der Waals surface area contributed by atoms with Crippen LogP contribution in [0.25, 0.3) is 11.1 Å². The van der Waals surface area contributed by atoms with E-state index in [0.29, 0.717) is 0 Å². The molecule has 0 amide bonds. The molecule has 0 N–H and O–H groups in total. The van der Waals surface area contributed by atoms with Gasteiger partial charge in [-0.1, -0.05) is 6.07 Å². The van der Waals surface area contributed by atoms with Gasteiger partial charge in [0.25, 0.3) is 0 Å². The van der Waals surface area contributed by atoms with Crippen LogP contribution in [0.2, 0.25) is 0 Å². The summed E-state index contributed by atoms with van der Waals surface area (Å²) in [7, 11) is 3.41. The zero-order valence-corrected chi connectivity index (χ0v) is 11.2. The van der Waals surface area contributed by atoms with E-state index >= 15 is 0 Å². The standard InChI is InChI=1S/C15H14O2S/c1-16-11-3-5-13-10(7-11)9-18-15-8-12(17-2)4-6-14(13)15/h3-8H,9H2,1-2H3. The molecular formula is C15H14O2S. The zero-order valence-electron chi connectivity index (χ0n) is 10.4. The summed E-state index contributed by atoms with van der Waals surface area (Å²) in [5, 5.41) is 0. The van der Waals surface area contributed by atoms with Crippen LogP contribution in [0.1, 0.15) is 5.56 Å². The molecule has 3 heteroatoms. The molecule has 2 aromatic carbocycles. The highest BCUT2D eigenvalue weighted by Gasteiger charge is 2.17. The minimum atomic E-state index is 0.915. The van der Waals surface area contributed by atoms with Crippen molar-refractivity contribution in [2.24, 2.45) is 0 Å². The quantitative estimate of drug-likeness (QED) is 0.812. The minimum absolute atomic E-state index is 0.915. The van der Waals surface area contributed by atoms with Gasteiger partial charge < -0.3 is 9.47 Å². The second kappa shape index (κ2) is 4.58. The molecule has 18 heavy (non-hydrogen) atoms. The van der Waals surface area contributed by atoms with Gasteiger partial charge in [-0.2, -0.15) is 0 Å². The molecule has 92 valence electrons. The maximum Gasteiger partial charge on any atom is 0.120 e. The largest absolute Gasteiger partial charge is 0.497 e. The van der Waals surface area contributed by atoms with Gasteiger partial charge in [-0.25, -0.2) is 0 Å². The van der Waals surface area contributed by atoms with Gasteiger partial charge in [-0.05, 0) is 47.0 Å². The Morgan fingerprint density at radius 2 is 1.56 bits per heavy atom. The molecule has 0 bridgehead atoms. The first-order valence-electron chi connectivity index (χ1n) is 5.80. The fourth-order valence-electron chi connectivity index (χ4n) is 2.21. The minimum Gasteiger partial charge on any atom is -0.497 e. The fourth-order valence-corrected chi connectivity index (χ4v) is 3.29. The molecule has 2 nitrogen and oxygen atoms in total. The Hall–Kier alpha value is -1.61. The number of rotatable bonds is 2. The van der Waals surface area contributed by atoms with Crippen LogP contribution in [0.5, 0.6) is 11.5 Å². The van der Waals surface area contributed by atoms with Gasteiger partial charge in [-0.15, -0.1) is 11.8 Å². The van der Waals surface area contributed by atoms with Gasteiger partial charge in [-0.3, -0.25) is 0 Å². The van der Waals surface area contributed by atoms with Crippen molar-refractivity contribution in [2.45, 2.75) is 10.6 Å². The van der Waals surface area contributed by atoms with E-state index in [-0.39, 0.29) is 0 Å². The van der Waals surface area contributed by atoms with E-state index in [4.69, 9.17) is 9.47 Å². The van der Waals surface area contributed by atoms with Crippen LogP contribution >= 0.6 is 11.8 Å². The van der Waals surface area contributed by atoms with Crippen molar-refractivity contribution in [3.05, 3.63) is 42.0 Å². The highest BCUT2D eigenvalue weighted by Crippen LogP contribution is 2.43. The van der Waals surface area contributed by atoms with Gasteiger partial charge in [0, 0.05) is 10.6 Å². The SMILES string of the molecule is COc1ccc2c(c1)CSc1cc(OC)ccc1-2. The molecule has 0 spiro atoms. The first-order valence-corrected chi connectivity index (χ1v) is 6.78. The summed E-state index contributed by atoms with van der Waals surface area (Å²) < 4.78 is 10.5. The van der Waals surface area contributed by atoms with Gasteiger partial charge >= 0.3 is 0 Å². The number of thioether (sulfide) groups is 1. The molecule has 0 unspecified atom stereocenters. The molecule has 3 rings (SSSR count). The summed E-state index contributed by atoms with van der Waals surface area (Å²) in [6.07, 6.45) is 0. The fraction of sp³-hybridized carbons (Fsp3) is 0.200. The Morgan fingerprint density at radius 1 is 0.889 bits per heavy atom. The van der Waals surface area contributed by atoms with Crippen molar-refractivity contribution < 1.29 is 9.47 Å². The average Bonchev–Trinajstić information content (AvgIpc) is 2.45. The maximum atomic E-state index is 5.28. The number of ether oxygens (including phenoxy) is 2. The molecule has 1 aliphatic rings. The molecule has 0 saturated heterocycles. The number of hydrogen-bond donors (Lipinski definition) is 0. The summed E-state index contributed by atoms with van der Waals surface area (Å²) in [5.74, 6) is 2.82. The number of fused-ring (bicyclic) bond motifs is 3. The first-order chi connectivity index (χ1) is 8.81. The lowest BCUT2D eigenvalue weighted by Gasteiger charge is -2.20. The second-order valence-corrected chi connectivity index (χ2v) is 5.19. The van der Waals surface area contributed by atoms with Crippen LogP contribution in [0.3, 0.4) is 0 Å². The summed E-state index contributed by atoms with van der Waals surface area (Å²) in [6, 6.07) is 12.5. The maximum absolute atomic E-state index is 5.28.